The normalized spacial score (nSPS) is 22.2. The Kier molecular flexibility index (Phi) is 4.00. The van der Waals surface area contributed by atoms with Gasteiger partial charge >= 0.3 is 0 Å². The second kappa shape index (κ2) is 6.19. The van der Waals surface area contributed by atoms with E-state index in [-0.39, 0.29) is 11.4 Å². The van der Waals surface area contributed by atoms with Gasteiger partial charge in [-0.25, -0.2) is 0 Å². The molecule has 0 bridgehead atoms. The number of rotatable bonds is 4. The van der Waals surface area contributed by atoms with E-state index in [0.717, 1.165) is 37.4 Å². The highest BCUT2D eigenvalue weighted by atomic mass is 16.5. The molecule has 0 radical (unpaired) electrons. The molecule has 2 aromatic heterocycles. The van der Waals surface area contributed by atoms with Crippen molar-refractivity contribution in [2.45, 2.75) is 18.9 Å². The highest BCUT2D eigenvalue weighted by Gasteiger charge is 2.53. The van der Waals surface area contributed by atoms with Crippen molar-refractivity contribution in [3.8, 4) is 5.75 Å². The summed E-state index contributed by atoms with van der Waals surface area (Å²) >= 11 is 0. The Morgan fingerprint density at radius 2 is 2.28 bits per heavy atom. The zero-order valence-corrected chi connectivity index (χ0v) is 14.6. The molecule has 2 fully saturated rings. The summed E-state index contributed by atoms with van der Waals surface area (Å²) in [5, 5.41) is 0. The smallest absolute Gasteiger partial charge is 0.289 e. The topological polar surface area (TPSA) is 58.8 Å². The third-order valence-electron chi connectivity index (χ3n) is 5.44. The molecule has 0 N–H and O–H groups in total. The number of furan rings is 1. The van der Waals surface area contributed by atoms with Gasteiger partial charge in [0, 0.05) is 37.3 Å². The molecule has 2 aliphatic heterocycles. The van der Waals surface area contributed by atoms with Crippen LogP contribution in [0.15, 0.2) is 41.3 Å². The first-order chi connectivity index (χ1) is 12.1. The Hall–Kier alpha value is -2.34. The fourth-order valence-corrected chi connectivity index (χ4v) is 4.01. The maximum absolute atomic E-state index is 12.5. The number of hydrogen-bond acceptors (Lipinski definition) is 5. The third kappa shape index (κ3) is 2.91. The quantitative estimate of drug-likeness (QED) is 0.853. The number of likely N-dealkylation sites (tertiary alicyclic amines) is 2. The first-order valence-corrected chi connectivity index (χ1v) is 8.65. The summed E-state index contributed by atoms with van der Waals surface area (Å²) in [7, 11) is 2.14. The first-order valence-electron chi connectivity index (χ1n) is 8.65. The minimum Gasteiger partial charge on any atom is -0.492 e. The van der Waals surface area contributed by atoms with Crippen molar-refractivity contribution in [3.05, 3.63) is 48.2 Å². The summed E-state index contributed by atoms with van der Waals surface area (Å²) in [6, 6.07) is 5.64. The molecule has 0 aliphatic carbocycles. The zero-order valence-electron chi connectivity index (χ0n) is 14.6. The molecule has 1 amide bonds. The Balaban J connectivity index is 1.33. The van der Waals surface area contributed by atoms with Crippen LogP contribution < -0.4 is 4.74 Å². The van der Waals surface area contributed by atoms with Gasteiger partial charge in [-0.05, 0) is 38.6 Å². The van der Waals surface area contributed by atoms with E-state index in [4.69, 9.17) is 9.15 Å². The number of ether oxygens (including phenoxy) is 1. The Morgan fingerprint density at radius 3 is 2.96 bits per heavy atom. The van der Waals surface area contributed by atoms with Crippen molar-refractivity contribution in [2.24, 2.45) is 5.92 Å². The maximum Gasteiger partial charge on any atom is 0.289 e. The Labute approximate surface area is 147 Å². The van der Waals surface area contributed by atoms with Gasteiger partial charge < -0.3 is 14.1 Å². The number of pyridine rings is 1. The van der Waals surface area contributed by atoms with Crippen LogP contribution in [-0.2, 0) is 0 Å². The largest absolute Gasteiger partial charge is 0.492 e. The number of carbonyl (C=O) groups is 1. The molecule has 1 unspecified atom stereocenters. The lowest BCUT2D eigenvalue weighted by atomic mass is 9.84. The molecule has 4 heterocycles. The Morgan fingerprint density at radius 1 is 1.44 bits per heavy atom. The van der Waals surface area contributed by atoms with Crippen LogP contribution in [0.1, 0.15) is 22.5 Å². The number of amides is 1. The van der Waals surface area contributed by atoms with Crippen LogP contribution in [0.3, 0.4) is 0 Å². The van der Waals surface area contributed by atoms with Gasteiger partial charge in [-0.15, -0.1) is 0 Å². The summed E-state index contributed by atoms with van der Waals surface area (Å²) in [4.78, 5) is 20.9. The van der Waals surface area contributed by atoms with Crippen LogP contribution in [0.5, 0.6) is 5.75 Å². The van der Waals surface area contributed by atoms with E-state index < -0.39 is 0 Å². The van der Waals surface area contributed by atoms with Gasteiger partial charge in [-0.1, -0.05) is 0 Å². The highest BCUT2D eigenvalue weighted by Crippen LogP contribution is 2.40. The summed E-state index contributed by atoms with van der Waals surface area (Å²) in [5.41, 5.74) is 0.979. The van der Waals surface area contributed by atoms with Crippen LogP contribution >= 0.6 is 0 Å². The van der Waals surface area contributed by atoms with Gasteiger partial charge in [0.25, 0.3) is 5.91 Å². The number of likely N-dealkylation sites (N-methyl/N-ethyl adjacent to an activating group) is 1. The summed E-state index contributed by atoms with van der Waals surface area (Å²) in [5.74, 6) is 1.74. The Bertz CT molecular complexity index is 752. The molecule has 132 valence electrons. The molecule has 2 aromatic rings. The van der Waals surface area contributed by atoms with Gasteiger partial charge in [0.05, 0.1) is 24.6 Å². The van der Waals surface area contributed by atoms with Crippen LogP contribution in [0, 0.1) is 12.8 Å². The summed E-state index contributed by atoms with van der Waals surface area (Å²) < 4.78 is 11.2. The number of hydrogen-bond donors (Lipinski definition) is 0. The standard InChI is InChI=1S/C19H23N3O3/c1-14-5-7-24-17(14)18(23)22-12-19(13-22)8-15(10-21(19)2)11-25-16-4-3-6-20-9-16/h3-7,9,15H,8,10-13H2,1-2H3. The monoisotopic (exact) mass is 341 g/mol. The fraction of sp³-hybridized carbons (Fsp3) is 0.474. The second-order valence-corrected chi connectivity index (χ2v) is 7.27. The molecule has 2 saturated heterocycles. The number of aryl methyl sites for hydroxylation is 1. The molecular formula is C19H23N3O3. The van der Waals surface area contributed by atoms with Crippen molar-refractivity contribution in [3.63, 3.8) is 0 Å². The molecule has 2 aliphatic rings. The predicted octanol–water partition coefficient (Wildman–Crippen LogP) is 2.21. The van der Waals surface area contributed by atoms with E-state index >= 15 is 0 Å². The number of carbonyl (C=O) groups excluding carboxylic acids is 1. The molecule has 1 atom stereocenters. The van der Waals surface area contributed by atoms with Crippen LogP contribution in [0.2, 0.25) is 0 Å². The van der Waals surface area contributed by atoms with Crippen LogP contribution in [0.4, 0.5) is 0 Å². The third-order valence-corrected chi connectivity index (χ3v) is 5.44. The van der Waals surface area contributed by atoms with Crippen molar-refractivity contribution >= 4 is 5.91 Å². The average Bonchev–Trinajstić information content (AvgIpc) is 3.15. The molecule has 6 nitrogen and oxygen atoms in total. The van der Waals surface area contributed by atoms with Gasteiger partial charge in [0.1, 0.15) is 5.75 Å². The summed E-state index contributed by atoms with van der Waals surface area (Å²) in [6.45, 7) is 5.09. The summed E-state index contributed by atoms with van der Waals surface area (Å²) in [6.07, 6.45) is 6.10. The predicted molar refractivity (Wildman–Crippen MR) is 92.5 cm³/mol. The molecule has 1 spiro atoms. The van der Waals surface area contributed by atoms with E-state index in [1.807, 2.05) is 30.0 Å². The molecule has 0 aromatic carbocycles. The van der Waals surface area contributed by atoms with Crippen LogP contribution in [0.25, 0.3) is 0 Å². The minimum atomic E-state index is -0.00316. The zero-order chi connectivity index (χ0) is 17.4. The molecule has 25 heavy (non-hydrogen) atoms. The van der Waals surface area contributed by atoms with E-state index in [2.05, 4.69) is 16.9 Å². The molecule has 4 rings (SSSR count). The number of aromatic nitrogens is 1. The lowest BCUT2D eigenvalue weighted by molar-refractivity contribution is -0.00958. The van der Waals surface area contributed by atoms with Crippen molar-refractivity contribution < 1.29 is 13.9 Å². The highest BCUT2D eigenvalue weighted by molar-refractivity contribution is 5.93. The molecular weight excluding hydrogens is 318 g/mol. The maximum atomic E-state index is 12.5. The number of nitrogens with zero attached hydrogens (tertiary/aromatic N) is 3. The van der Waals surface area contributed by atoms with Crippen LogP contribution in [-0.4, -0.2) is 59.5 Å². The molecule has 0 saturated carbocycles. The lowest BCUT2D eigenvalue weighted by Gasteiger charge is -2.51. The minimum absolute atomic E-state index is 0.00316. The van der Waals surface area contributed by atoms with E-state index in [1.165, 1.54) is 0 Å². The van der Waals surface area contributed by atoms with Gasteiger partial charge in [0.15, 0.2) is 5.76 Å². The lowest BCUT2D eigenvalue weighted by Crippen LogP contribution is -2.68. The average molecular weight is 341 g/mol. The van der Waals surface area contributed by atoms with Gasteiger partial charge in [-0.2, -0.15) is 0 Å². The van der Waals surface area contributed by atoms with Crippen molar-refractivity contribution in [2.75, 3.05) is 33.3 Å². The first kappa shape index (κ1) is 16.1. The van der Waals surface area contributed by atoms with Crippen molar-refractivity contribution in [1.29, 1.82) is 0 Å². The second-order valence-electron chi connectivity index (χ2n) is 7.27. The van der Waals surface area contributed by atoms with Gasteiger partial charge in [0.2, 0.25) is 0 Å². The fourth-order valence-electron chi connectivity index (χ4n) is 4.01. The van der Waals surface area contributed by atoms with E-state index in [1.54, 1.807) is 18.7 Å². The van der Waals surface area contributed by atoms with Gasteiger partial charge in [-0.3, -0.25) is 14.7 Å². The van der Waals surface area contributed by atoms with E-state index in [0.29, 0.717) is 18.3 Å². The molecule has 6 heteroatoms. The SMILES string of the molecule is Cc1ccoc1C(=O)N1CC2(CC(COc3cccnc3)CN2C)C1. The van der Waals surface area contributed by atoms with E-state index in [9.17, 15) is 4.79 Å². The van der Waals surface area contributed by atoms with Crippen molar-refractivity contribution in [1.82, 2.24) is 14.8 Å².